The van der Waals surface area contributed by atoms with Crippen molar-refractivity contribution in [3.8, 4) is 11.5 Å². The summed E-state index contributed by atoms with van der Waals surface area (Å²) in [4.78, 5) is 13.3. The zero-order valence-corrected chi connectivity index (χ0v) is 12.6. The highest BCUT2D eigenvalue weighted by Crippen LogP contribution is 2.29. The molecule has 2 heterocycles. The van der Waals surface area contributed by atoms with E-state index in [9.17, 15) is 0 Å². The van der Waals surface area contributed by atoms with Crippen LogP contribution < -0.4 is 0 Å². The van der Waals surface area contributed by atoms with Gasteiger partial charge in [-0.25, -0.2) is 15.0 Å². The van der Waals surface area contributed by atoms with E-state index in [1.807, 2.05) is 12.3 Å². The van der Waals surface area contributed by atoms with Gasteiger partial charge in [0.15, 0.2) is 5.82 Å². The number of halogens is 1. The van der Waals surface area contributed by atoms with Gasteiger partial charge in [0.1, 0.15) is 10.8 Å². The molecule has 0 N–H and O–H groups in total. The molecule has 96 valence electrons. The van der Waals surface area contributed by atoms with E-state index >= 15 is 0 Å². The molecular formula is C13H16ClN3S. The smallest absolute Gasteiger partial charge is 0.180 e. The average molecular weight is 282 g/mol. The predicted molar refractivity (Wildman–Crippen MR) is 76.2 cm³/mol. The second-order valence-electron chi connectivity index (χ2n) is 5.15. The maximum absolute atomic E-state index is 6.00. The van der Waals surface area contributed by atoms with Crippen LogP contribution in [0.15, 0.2) is 11.4 Å². The van der Waals surface area contributed by atoms with Crippen LogP contribution in [0, 0.1) is 0 Å². The predicted octanol–water partition coefficient (Wildman–Crippen LogP) is 4.11. The van der Waals surface area contributed by atoms with Crippen LogP contribution in [0.3, 0.4) is 0 Å². The molecule has 2 aromatic rings. The van der Waals surface area contributed by atoms with Crippen LogP contribution in [0.4, 0.5) is 0 Å². The largest absolute Gasteiger partial charge is 0.237 e. The lowest BCUT2D eigenvalue weighted by atomic mass is 9.98. The first-order chi connectivity index (χ1) is 8.40. The molecule has 0 atom stereocenters. The third-order valence-corrected chi connectivity index (χ3v) is 3.95. The van der Waals surface area contributed by atoms with Crippen molar-refractivity contribution in [2.75, 3.05) is 0 Å². The summed E-state index contributed by atoms with van der Waals surface area (Å²) >= 11 is 7.64. The molecule has 0 saturated carbocycles. The Hall–Kier alpha value is -1.00. The second kappa shape index (κ2) is 4.94. The van der Waals surface area contributed by atoms with Crippen LogP contribution >= 0.6 is 22.9 Å². The fourth-order valence-corrected chi connectivity index (χ4v) is 2.57. The third-order valence-electron chi connectivity index (χ3n) is 2.49. The van der Waals surface area contributed by atoms with E-state index in [2.05, 4.69) is 35.7 Å². The van der Waals surface area contributed by atoms with E-state index in [1.54, 1.807) is 17.4 Å². The highest BCUT2D eigenvalue weighted by Gasteiger charge is 2.19. The Kier molecular flexibility index (Phi) is 3.69. The van der Waals surface area contributed by atoms with Crippen LogP contribution in [0.1, 0.15) is 38.4 Å². The number of hydrogen-bond donors (Lipinski definition) is 0. The first-order valence-electron chi connectivity index (χ1n) is 5.90. The summed E-state index contributed by atoms with van der Waals surface area (Å²) in [7, 11) is 0. The van der Waals surface area contributed by atoms with E-state index in [0.717, 1.165) is 22.8 Å². The SMILES string of the molecule is CCc1cc(Cl)nc(-c2csc(C(C)(C)C)n2)n1. The van der Waals surface area contributed by atoms with Crippen LogP contribution in [-0.2, 0) is 11.8 Å². The van der Waals surface area contributed by atoms with Gasteiger partial charge in [0, 0.05) is 16.5 Å². The topological polar surface area (TPSA) is 38.7 Å². The van der Waals surface area contributed by atoms with Crippen molar-refractivity contribution in [2.45, 2.75) is 39.5 Å². The molecule has 0 aliphatic carbocycles. The highest BCUT2D eigenvalue weighted by atomic mass is 35.5. The zero-order chi connectivity index (χ0) is 13.3. The normalized spacial score (nSPS) is 11.8. The number of thiazole rings is 1. The Bertz CT molecular complexity index is 558. The van der Waals surface area contributed by atoms with E-state index in [-0.39, 0.29) is 5.41 Å². The summed E-state index contributed by atoms with van der Waals surface area (Å²) in [5.41, 5.74) is 1.80. The summed E-state index contributed by atoms with van der Waals surface area (Å²) in [5.74, 6) is 0.617. The third kappa shape index (κ3) is 2.87. The van der Waals surface area contributed by atoms with Crippen LogP contribution in [0.25, 0.3) is 11.5 Å². The van der Waals surface area contributed by atoms with Crippen molar-refractivity contribution in [3.05, 3.63) is 27.3 Å². The molecule has 18 heavy (non-hydrogen) atoms. The Morgan fingerprint density at radius 3 is 2.50 bits per heavy atom. The fraction of sp³-hybridized carbons (Fsp3) is 0.462. The number of rotatable bonds is 2. The van der Waals surface area contributed by atoms with Crippen LogP contribution in [0.2, 0.25) is 5.15 Å². The summed E-state index contributed by atoms with van der Waals surface area (Å²) in [6, 6.07) is 1.79. The lowest BCUT2D eigenvalue weighted by molar-refractivity contribution is 0.586. The van der Waals surface area contributed by atoms with Gasteiger partial charge in [0.05, 0.1) is 5.01 Å². The minimum absolute atomic E-state index is 0.0507. The van der Waals surface area contributed by atoms with Gasteiger partial charge in [-0.15, -0.1) is 11.3 Å². The van der Waals surface area contributed by atoms with E-state index < -0.39 is 0 Å². The van der Waals surface area contributed by atoms with Gasteiger partial charge in [-0.05, 0) is 12.5 Å². The summed E-state index contributed by atoms with van der Waals surface area (Å²) in [6.07, 6.45) is 0.839. The Morgan fingerprint density at radius 1 is 1.22 bits per heavy atom. The van der Waals surface area contributed by atoms with E-state index in [4.69, 9.17) is 11.6 Å². The molecule has 2 rings (SSSR count). The number of aromatic nitrogens is 3. The molecule has 0 bridgehead atoms. The van der Waals surface area contributed by atoms with Gasteiger partial charge >= 0.3 is 0 Å². The molecule has 0 radical (unpaired) electrons. The van der Waals surface area contributed by atoms with Crippen LogP contribution in [-0.4, -0.2) is 15.0 Å². The monoisotopic (exact) mass is 281 g/mol. The fourth-order valence-electron chi connectivity index (χ4n) is 1.48. The van der Waals surface area contributed by atoms with Gasteiger partial charge in [-0.2, -0.15) is 0 Å². The molecule has 0 unspecified atom stereocenters. The Balaban J connectivity index is 2.43. The van der Waals surface area contributed by atoms with E-state index in [0.29, 0.717) is 11.0 Å². The lowest BCUT2D eigenvalue weighted by Crippen LogP contribution is -2.10. The quantitative estimate of drug-likeness (QED) is 0.778. The minimum Gasteiger partial charge on any atom is -0.237 e. The molecule has 0 spiro atoms. The molecular weight excluding hydrogens is 266 g/mol. The first-order valence-corrected chi connectivity index (χ1v) is 7.15. The van der Waals surface area contributed by atoms with Crippen molar-refractivity contribution >= 4 is 22.9 Å². The molecule has 0 aliphatic rings. The van der Waals surface area contributed by atoms with E-state index in [1.165, 1.54) is 0 Å². The Labute approximate surface area is 116 Å². The molecule has 0 fully saturated rings. The van der Waals surface area contributed by atoms with Crippen molar-refractivity contribution < 1.29 is 0 Å². The average Bonchev–Trinajstić information content (AvgIpc) is 2.77. The van der Waals surface area contributed by atoms with Gasteiger partial charge in [0.2, 0.25) is 0 Å². The molecule has 2 aromatic heterocycles. The van der Waals surface area contributed by atoms with Gasteiger partial charge in [-0.3, -0.25) is 0 Å². The summed E-state index contributed by atoms with van der Waals surface area (Å²) < 4.78 is 0. The van der Waals surface area contributed by atoms with Crippen LogP contribution in [0.5, 0.6) is 0 Å². The number of aryl methyl sites for hydroxylation is 1. The van der Waals surface area contributed by atoms with Gasteiger partial charge in [-0.1, -0.05) is 39.3 Å². The first kappa shape index (κ1) is 13.4. The highest BCUT2D eigenvalue weighted by molar-refractivity contribution is 7.10. The molecule has 0 aromatic carbocycles. The minimum atomic E-state index is 0.0507. The summed E-state index contributed by atoms with van der Waals surface area (Å²) in [5, 5.41) is 3.55. The molecule has 0 saturated heterocycles. The molecule has 5 heteroatoms. The van der Waals surface area contributed by atoms with Gasteiger partial charge < -0.3 is 0 Å². The number of nitrogens with zero attached hydrogens (tertiary/aromatic N) is 3. The van der Waals surface area contributed by atoms with Crippen molar-refractivity contribution in [3.63, 3.8) is 0 Å². The van der Waals surface area contributed by atoms with Crippen molar-refractivity contribution in [1.29, 1.82) is 0 Å². The lowest BCUT2D eigenvalue weighted by Gasteiger charge is -2.13. The zero-order valence-electron chi connectivity index (χ0n) is 11.0. The molecule has 0 aliphatic heterocycles. The van der Waals surface area contributed by atoms with Crippen molar-refractivity contribution in [1.82, 2.24) is 15.0 Å². The second-order valence-corrected chi connectivity index (χ2v) is 6.39. The maximum atomic E-state index is 6.00. The Morgan fingerprint density at radius 2 is 1.94 bits per heavy atom. The molecule has 0 amide bonds. The van der Waals surface area contributed by atoms with Gasteiger partial charge in [0.25, 0.3) is 0 Å². The summed E-state index contributed by atoms with van der Waals surface area (Å²) in [6.45, 7) is 8.48. The number of hydrogen-bond acceptors (Lipinski definition) is 4. The van der Waals surface area contributed by atoms with Crippen molar-refractivity contribution in [2.24, 2.45) is 0 Å². The molecule has 3 nitrogen and oxygen atoms in total. The maximum Gasteiger partial charge on any atom is 0.180 e. The standard InChI is InChI=1S/C13H16ClN3S/c1-5-8-6-10(14)17-11(15-8)9-7-18-12(16-9)13(2,3)4/h6-7H,5H2,1-4H3.